The molecule has 1 unspecified atom stereocenters. The fourth-order valence-electron chi connectivity index (χ4n) is 1.90. The second-order valence-electron chi connectivity index (χ2n) is 5.01. The summed E-state index contributed by atoms with van der Waals surface area (Å²) in [7, 11) is 0. The highest BCUT2D eigenvalue weighted by molar-refractivity contribution is 5.28. The van der Waals surface area contributed by atoms with Crippen molar-refractivity contribution in [2.24, 2.45) is 11.7 Å². The van der Waals surface area contributed by atoms with Gasteiger partial charge in [0.15, 0.2) is 0 Å². The van der Waals surface area contributed by atoms with Gasteiger partial charge in [0.2, 0.25) is 0 Å². The second-order valence-corrected chi connectivity index (χ2v) is 5.01. The molecule has 18 heavy (non-hydrogen) atoms. The lowest BCUT2D eigenvalue weighted by Gasteiger charge is -2.15. The van der Waals surface area contributed by atoms with E-state index in [2.05, 4.69) is 20.8 Å². The largest absolute Gasteiger partial charge is 0.491 e. The molecular formula is C15H25NO2. The second kappa shape index (κ2) is 8.11. The van der Waals surface area contributed by atoms with Crippen LogP contribution in [0.5, 0.6) is 5.75 Å². The zero-order chi connectivity index (χ0) is 13.4. The van der Waals surface area contributed by atoms with Gasteiger partial charge < -0.3 is 15.2 Å². The molecule has 1 aromatic carbocycles. The molecular weight excluding hydrogens is 226 g/mol. The van der Waals surface area contributed by atoms with E-state index in [9.17, 15) is 0 Å². The Bertz CT molecular complexity index is 339. The van der Waals surface area contributed by atoms with E-state index in [-0.39, 0.29) is 0 Å². The number of rotatable bonds is 8. The third-order valence-electron chi connectivity index (χ3n) is 2.69. The fourth-order valence-corrected chi connectivity index (χ4v) is 1.90. The van der Waals surface area contributed by atoms with Crippen LogP contribution in [0.4, 0.5) is 0 Å². The molecule has 0 spiro atoms. The van der Waals surface area contributed by atoms with Crippen molar-refractivity contribution in [1.29, 1.82) is 0 Å². The van der Waals surface area contributed by atoms with Gasteiger partial charge in [-0.1, -0.05) is 26.0 Å². The Labute approximate surface area is 110 Å². The molecule has 0 aliphatic carbocycles. The van der Waals surface area contributed by atoms with E-state index >= 15 is 0 Å². The summed E-state index contributed by atoms with van der Waals surface area (Å²) in [6.45, 7) is 8.26. The Morgan fingerprint density at radius 2 is 1.94 bits per heavy atom. The van der Waals surface area contributed by atoms with Crippen molar-refractivity contribution in [2.45, 2.75) is 39.8 Å². The van der Waals surface area contributed by atoms with Gasteiger partial charge in [-0.3, -0.25) is 0 Å². The summed E-state index contributed by atoms with van der Waals surface area (Å²) in [6.07, 6.45) is 1.38. The maximum absolute atomic E-state index is 5.68. The van der Waals surface area contributed by atoms with E-state index in [0.717, 1.165) is 17.7 Å². The summed E-state index contributed by atoms with van der Waals surface area (Å²) in [4.78, 5) is 0. The predicted molar refractivity (Wildman–Crippen MR) is 74.7 cm³/mol. The molecule has 0 amide bonds. The lowest BCUT2D eigenvalue weighted by atomic mass is 10.1. The lowest BCUT2D eigenvalue weighted by Crippen LogP contribution is -2.16. The van der Waals surface area contributed by atoms with Gasteiger partial charge in [-0.05, 0) is 37.0 Å². The van der Waals surface area contributed by atoms with Crippen LogP contribution in [-0.4, -0.2) is 19.3 Å². The van der Waals surface area contributed by atoms with Gasteiger partial charge >= 0.3 is 0 Å². The van der Waals surface area contributed by atoms with E-state index < -0.39 is 0 Å². The molecule has 0 saturated heterocycles. The fraction of sp³-hybridized carbons (Fsp3) is 0.600. The Morgan fingerprint density at radius 1 is 1.17 bits per heavy atom. The van der Waals surface area contributed by atoms with Crippen LogP contribution in [0.15, 0.2) is 24.3 Å². The van der Waals surface area contributed by atoms with E-state index in [1.807, 2.05) is 24.3 Å². The van der Waals surface area contributed by atoms with Crippen molar-refractivity contribution in [3.8, 4) is 5.75 Å². The van der Waals surface area contributed by atoms with Gasteiger partial charge in [-0.15, -0.1) is 0 Å². The first-order chi connectivity index (χ1) is 8.61. The molecule has 0 aliphatic rings. The van der Waals surface area contributed by atoms with Crippen LogP contribution in [-0.2, 0) is 11.3 Å². The summed E-state index contributed by atoms with van der Waals surface area (Å²) in [6, 6.07) is 7.86. The van der Waals surface area contributed by atoms with Crippen molar-refractivity contribution in [1.82, 2.24) is 0 Å². The minimum Gasteiger partial charge on any atom is -0.491 e. The minimum atomic E-state index is 0.295. The maximum atomic E-state index is 5.68. The SMILES string of the molecule is CC(C)CC(C)OCCOc1cccc(CN)c1. The number of ether oxygens (including phenoxy) is 2. The molecule has 0 aromatic heterocycles. The molecule has 0 aliphatic heterocycles. The summed E-state index contributed by atoms with van der Waals surface area (Å²) in [5, 5.41) is 0. The molecule has 3 nitrogen and oxygen atoms in total. The lowest BCUT2D eigenvalue weighted by molar-refractivity contribution is 0.0331. The minimum absolute atomic E-state index is 0.295. The van der Waals surface area contributed by atoms with E-state index in [4.69, 9.17) is 15.2 Å². The summed E-state index contributed by atoms with van der Waals surface area (Å²) < 4.78 is 11.3. The first-order valence-corrected chi connectivity index (χ1v) is 6.65. The number of benzene rings is 1. The molecule has 0 radical (unpaired) electrons. The number of nitrogens with two attached hydrogens (primary N) is 1. The molecule has 1 aromatic rings. The predicted octanol–water partition coefficient (Wildman–Crippen LogP) is 2.98. The zero-order valence-electron chi connectivity index (χ0n) is 11.7. The van der Waals surface area contributed by atoms with Crippen LogP contribution in [0.25, 0.3) is 0 Å². The first kappa shape index (κ1) is 15.0. The summed E-state index contributed by atoms with van der Waals surface area (Å²) in [5.41, 5.74) is 6.66. The van der Waals surface area contributed by atoms with E-state index in [1.54, 1.807) is 0 Å². The standard InChI is InChI=1S/C15H25NO2/c1-12(2)9-13(3)17-7-8-18-15-6-4-5-14(10-15)11-16/h4-6,10,12-13H,7-9,11,16H2,1-3H3. The summed E-state index contributed by atoms with van der Waals surface area (Å²) in [5.74, 6) is 1.53. The van der Waals surface area contributed by atoms with Crippen LogP contribution in [0.1, 0.15) is 32.8 Å². The van der Waals surface area contributed by atoms with Crippen molar-refractivity contribution < 1.29 is 9.47 Å². The first-order valence-electron chi connectivity index (χ1n) is 6.65. The molecule has 0 bridgehead atoms. The van der Waals surface area contributed by atoms with Crippen LogP contribution in [0, 0.1) is 5.92 Å². The van der Waals surface area contributed by atoms with Gasteiger partial charge in [-0.25, -0.2) is 0 Å². The monoisotopic (exact) mass is 251 g/mol. The molecule has 0 saturated carbocycles. The average molecular weight is 251 g/mol. The quantitative estimate of drug-likeness (QED) is 0.722. The van der Waals surface area contributed by atoms with Crippen molar-refractivity contribution in [3.63, 3.8) is 0 Å². The summed E-state index contributed by atoms with van der Waals surface area (Å²) >= 11 is 0. The Morgan fingerprint density at radius 3 is 2.61 bits per heavy atom. The van der Waals surface area contributed by atoms with Gasteiger partial charge in [0, 0.05) is 6.54 Å². The van der Waals surface area contributed by atoms with Gasteiger partial charge in [0.1, 0.15) is 12.4 Å². The van der Waals surface area contributed by atoms with E-state index in [1.165, 1.54) is 0 Å². The molecule has 3 heteroatoms. The van der Waals surface area contributed by atoms with Crippen LogP contribution < -0.4 is 10.5 Å². The molecule has 1 atom stereocenters. The number of hydrogen-bond donors (Lipinski definition) is 1. The Kier molecular flexibility index (Phi) is 6.76. The average Bonchev–Trinajstić information content (AvgIpc) is 2.34. The van der Waals surface area contributed by atoms with Crippen LogP contribution >= 0.6 is 0 Å². The molecule has 102 valence electrons. The smallest absolute Gasteiger partial charge is 0.119 e. The van der Waals surface area contributed by atoms with Crippen molar-refractivity contribution in [2.75, 3.05) is 13.2 Å². The Hall–Kier alpha value is -1.06. The van der Waals surface area contributed by atoms with E-state index in [0.29, 0.717) is 31.8 Å². The highest BCUT2D eigenvalue weighted by Gasteiger charge is 2.04. The third kappa shape index (κ3) is 6.03. The van der Waals surface area contributed by atoms with Gasteiger partial charge in [-0.2, -0.15) is 0 Å². The molecule has 0 fully saturated rings. The molecule has 2 N–H and O–H groups in total. The highest BCUT2D eigenvalue weighted by atomic mass is 16.5. The highest BCUT2D eigenvalue weighted by Crippen LogP contribution is 2.13. The van der Waals surface area contributed by atoms with Gasteiger partial charge in [0.25, 0.3) is 0 Å². The normalized spacial score (nSPS) is 12.7. The van der Waals surface area contributed by atoms with Crippen molar-refractivity contribution in [3.05, 3.63) is 29.8 Å². The number of hydrogen-bond acceptors (Lipinski definition) is 3. The van der Waals surface area contributed by atoms with Crippen LogP contribution in [0.3, 0.4) is 0 Å². The van der Waals surface area contributed by atoms with Gasteiger partial charge in [0.05, 0.1) is 12.7 Å². The van der Waals surface area contributed by atoms with Crippen LogP contribution in [0.2, 0.25) is 0 Å². The Balaban J connectivity index is 2.21. The topological polar surface area (TPSA) is 44.5 Å². The molecule has 1 rings (SSSR count). The maximum Gasteiger partial charge on any atom is 0.119 e. The molecule has 0 heterocycles. The third-order valence-corrected chi connectivity index (χ3v) is 2.69. The zero-order valence-corrected chi connectivity index (χ0v) is 11.7. The van der Waals surface area contributed by atoms with Crippen molar-refractivity contribution >= 4 is 0 Å².